The number of hydrogen-bond donors (Lipinski definition) is 2. The summed E-state index contributed by atoms with van der Waals surface area (Å²) in [7, 11) is 0. The number of benzene rings is 1. The Hall–Kier alpha value is -0.380. The summed E-state index contributed by atoms with van der Waals surface area (Å²) >= 11 is 3.39. The molecule has 78 valence electrons. The van der Waals surface area contributed by atoms with E-state index in [9.17, 15) is 0 Å². The summed E-state index contributed by atoms with van der Waals surface area (Å²) in [6, 6.07) is 7.91. The van der Waals surface area contributed by atoms with Gasteiger partial charge >= 0.3 is 0 Å². The van der Waals surface area contributed by atoms with E-state index in [-0.39, 0.29) is 13.2 Å². The lowest BCUT2D eigenvalue weighted by Gasteiger charge is -2.24. The highest BCUT2D eigenvalue weighted by atomic mass is 79.9. The summed E-state index contributed by atoms with van der Waals surface area (Å²) in [6.07, 6.45) is 0.680. The Labute approximate surface area is 92.7 Å². The molecule has 0 atom stereocenters. The number of aliphatic hydroxyl groups excluding tert-OH is 2. The Kier molecular flexibility index (Phi) is 4.11. The van der Waals surface area contributed by atoms with Gasteiger partial charge in [-0.3, -0.25) is 0 Å². The standard InChI is InChI=1S/C11H15BrO2/c1-11(7-13,8-14)6-9-3-2-4-10(12)5-9/h2-5,13-14H,6-8H2,1H3. The van der Waals surface area contributed by atoms with Gasteiger partial charge in [-0.2, -0.15) is 0 Å². The van der Waals surface area contributed by atoms with Crippen molar-refractivity contribution in [2.24, 2.45) is 5.41 Å². The molecule has 0 aliphatic rings. The van der Waals surface area contributed by atoms with Gasteiger partial charge < -0.3 is 10.2 Å². The summed E-state index contributed by atoms with van der Waals surface area (Å²) in [5.41, 5.74) is 0.686. The van der Waals surface area contributed by atoms with E-state index in [2.05, 4.69) is 15.9 Å². The molecule has 0 saturated heterocycles. The summed E-state index contributed by atoms with van der Waals surface area (Å²) in [6.45, 7) is 1.86. The molecular formula is C11H15BrO2. The normalized spacial score (nSPS) is 11.7. The van der Waals surface area contributed by atoms with Crippen LogP contribution >= 0.6 is 15.9 Å². The maximum atomic E-state index is 9.14. The van der Waals surface area contributed by atoms with E-state index in [0.29, 0.717) is 6.42 Å². The van der Waals surface area contributed by atoms with Gasteiger partial charge in [0.05, 0.1) is 13.2 Å². The zero-order chi connectivity index (χ0) is 10.6. The van der Waals surface area contributed by atoms with E-state index >= 15 is 0 Å². The van der Waals surface area contributed by atoms with Crippen LogP contribution in [0.2, 0.25) is 0 Å². The Balaban J connectivity index is 2.77. The zero-order valence-corrected chi connectivity index (χ0v) is 9.79. The largest absolute Gasteiger partial charge is 0.396 e. The van der Waals surface area contributed by atoms with E-state index < -0.39 is 5.41 Å². The second-order valence-electron chi connectivity index (χ2n) is 3.93. The van der Waals surface area contributed by atoms with Crippen LogP contribution in [0, 0.1) is 5.41 Å². The van der Waals surface area contributed by atoms with Crippen LogP contribution in [-0.4, -0.2) is 23.4 Å². The molecule has 2 nitrogen and oxygen atoms in total. The van der Waals surface area contributed by atoms with Gasteiger partial charge in [-0.25, -0.2) is 0 Å². The van der Waals surface area contributed by atoms with E-state index in [1.807, 2.05) is 31.2 Å². The molecule has 0 aliphatic carbocycles. The third-order valence-electron chi connectivity index (χ3n) is 2.28. The lowest BCUT2D eigenvalue weighted by molar-refractivity contribution is 0.0704. The Morgan fingerprint density at radius 3 is 2.43 bits per heavy atom. The highest BCUT2D eigenvalue weighted by Crippen LogP contribution is 2.23. The van der Waals surface area contributed by atoms with E-state index in [1.54, 1.807) is 0 Å². The van der Waals surface area contributed by atoms with Gasteiger partial charge in [-0.15, -0.1) is 0 Å². The van der Waals surface area contributed by atoms with E-state index in [4.69, 9.17) is 10.2 Å². The molecule has 0 saturated carbocycles. The molecule has 0 radical (unpaired) electrons. The van der Waals surface area contributed by atoms with Gasteiger partial charge in [0.15, 0.2) is 0 Å². The van der Waals surface area contributed by atoms with Gasteiger partial charge in [0.25, 0.3) is 0 Å². The van der Waals surface area contributed by atoms with Crippen molar-refractivity contribution in [3.05, 3.63) is 34.3 Å². The predicted octanol–water partition coefficient (Wildman–Crippen LogP) is 1.98. The Morgan fingerprint density at radius 1 is 1.29 bits per heavy atom. The Bertz CT molecular complexity index is 295. The first-order valence-electron chi connectivity index (χ1n) is 4.56. The van der Waals surface area contributed by atoms with Crippen molar-refractivity contribution >= 4 is 15.9 Å². The van der Waals surface area contributed by atoms with Crippen LogP contribution in [0.1, 0.15) is 12.5 Å². The van der Waals surface area contributed by atoms with Crippen molar-refractivity contribution < 1.29 is 10.2 Å². The van der Waals surface area contributed by atoms with Crippen LogP contribution in [0.3, 0.4) is 0 Å². The molecule has 0 aliphatic heterocycles. The molecule has 0 amide bonds. The second kappa shape index (κ2) is 4.91. The fourth-order valence-electron chi connectivity index (χ4n) is 1.30. The molecule has 0 aromatic heterocycles. The molecule has 0 bridgehead atoms. The third kappa shape index (κ3) is 3.08. The second-order valence-corrected chi connectivity index (χ2v) is 4.85. The molecule has 0 heterocycles. The number of aliphatic hydroxyl groups is 2. The quantitative estimate of drug-likeness (QED) is 0.868. The smallest absolute Gasteiger partial charge is 0.0509 e. The van der Waals surface area contributed by atoms with Crippen LogP contribution in [0.25, 0.3) is 0 Å². The highest BCUT2D eigenvalue weighted by Gasteiger charge is 2.22. The van der Waals surface area contributed by atoms with Crippen molar-refractivity contribution in [1.82, 2.24) is 0 Å². The van der Waals surface area contributed by atoms with Crippen LogP contribution in [0.4, 0.5) is 0 Å². The molecule has 3 heteroatoms. The molecule has 0 fully saturated rings. The van der Waals surface area contributed by atoms with Gasteiger partial charge in [-0.05, 0) is 24.1 Å². The van der Waals surface area contributed by atoms with E-state index in [0.717, 1.165) is 10.0 Å². The van der Waals surface area contributed by atoms with Crippen molar-refractivity contribution in [3.8, 4) is 0 Å². The minimum absolute atomic E-state index is 0.00396. The van der Waals surface area contributed by atoms with E-state index in [1.165, 1.54) is 0 Å². The maximum Gasteiger partial charge on any atom is 0.0509 e. The minimum atomic E-state index is -0.430. The van der Waals surface area contributed by atoms with Gasteiger partial charge in [-0.1, -0.05) is 35.0 Å². The fourth-order valence-corrected chi connectivity index (χ4v) is 1.75. The molecule has 2 N–H and O–H groups in total. The molecule has 0 unspecified atom stereocenters. The molecule has 0 spiro atoms. The maximum absolute atomic E-state index is 9.14. The molecule has 1 aromatic rings. The minimum Gasteiger partial charge on any atom is -0.396 e. The SMILES string of the molecule is CC(CO)(CO)Cc1cccc(Br)c1. The van der Waals surface area contributed by atoms with Crippen molar-refractivity contribution in [1.29, 1.82) is 0 Å². The van der Waals surface area contributed by atoms with Crippen molar-refractivity contribution in [3.63, 3.8) is 0 Å². The monoisotopic (exact) mass is 258 g/mol. The summed E-state index contributed by atoms with van der Waals surface area (Å²) in [5, 5.41) is 18.3. The van der Waals surface area contributed by atoms with Gasteiger partial charge in [0.2, 0.25) is 0 Å². The van der Waals surface area contributed by atoms with Gasteiger partial charge in [0.1, 0.15) is 0 Å². The predicted molar refractivity (Wildman–Crippen MR) is 60.1 cm³/mol. The zero-order valence-electron chi connectivity index (χ0n) is 8.20. The first-order chi connectivity index (χ1) is 6.59. The molecule has 14 heavy (non-hydrogen) atoms. The van der Waals surface area contributed by atoms with Crippen molar-refractivity contribution in [2.75, 3.05) is 13.2 Å². The summed E-state index contributed by atoms with van der Waals surface area (Å²) < 4.78 is 1.02. The Morgan fingerprint density at radius 2 is 1.93 bits per heavy atom. The number of rotatable bonds is 4. The topological polar surface area (TPSA) is 40.5 Å². The number of hydrogen-bond acceptors (Lipinski definition) is 2. The number of halogens is 1. The third-order valence-corrected chi connectivity index (χ3v) is 2.78. The van der Waals surface area contributed by atoms with Gasteiger partial charge in [0, 0.05) is 9.89 Å². The van der Waals surface area contributed by atoms with Crippen LogP contribution in [-0.2, 0) is 6.42 Å². The lowest BCUT2D eigenvalue weighted by atomic mass is 9.85. The lowest BCUT2D eigenvalue weighted by Crippen LogP contribution is -2.28. The highest BCUT2D eigenvalue weighted by molar-refractivity contribution is 9.10. The first-order valence-corrected chi connectivity index (χ1v) is 5.35. The molecule has 1 rings (SSSR count). The summed E-state index contributed by atoms with van der Waals surface area (Å²) in [4.78, 5) is 0. The average Bonchev–Trinajstić information content (AvgIpc) is 2.18. The van der Waals surface area contributed by atoms with Crippen LogP contribution < -0.4 is 0 Å². The average molecular weight is 259 g/mol. The van der Waals surface area contributed by atoms with Crippen molar-refractivity contribution in [2.45, 2.75) is 13.3 Å². The van der Waals surface area contributed by atoms with Crippen LogP contribution in [0.5, 0.6) is 0 Å². The molecule has 1 aromatic carbocycles. The molecular weight excluding hydrogens is 244 g/mol. The summed E-state index contributed by atoms with van der Waals surface area (Å²) in [5.74, 6) is 0. The first kappa shape index (κ1) is 11.7. The van der Waals surface area contributed by atoms with Crippen LogP contribution in [0.15, 0.2) is 28.7 Å². The fraction of sp³-hybridized carbons (Fsp3) is 0.455.